The maximum absolute atomic E-state index is 13.1. The fourth-order valence-electron chi connectivity index (χ4n) is 4.11. The molecule has 3 aromatic rings. The molecule has 2 aromatic heterocycles. The Morgan fingerprint density at radius 1 is 1.17 bits per heavy atom. The van der Waals surface area contributed by atoms with Crippen LogP contribution in [0.1, 0.15) is 48.0 Å². The number of carbonyl (C=O) groups is 2. The topological polar surface area (TPSA) is 75.1 Å². The number of H-pyrrole nitrogens is 1. The lowest BCUT2D eigenvalue weighted by atomic mass is 9.97. The first-order chi connectivity index (χ1) is 14.6. The fraction of sp³-hybridized carbons (Fsp3) is 0.375. The van der Waals surface area contributed by atoms with Crippen molar-refractivity contribution >= 4 is 22.8 Å². The van der Waals surface area contributed by atoms with Crippen molar-refractivity contribution in [3.63, 3.8) is 0 Å². The summed E-state index contributed by atoms with van der Waals surface area (Å²) in [6, 6.07) is 10.8. The maximum atomic E-state index is 13.1. The molecule has 1 saturated carbocycles. The monoisotopic (exact) mass is 406 g/mol. The molecule has 1 unspecified atom stereocenters. The minimum absolute atomic E-state index is 0.0526. The summed E-state index contributed by atoms with van der Waals surface area (Å²) >= 11 is 0. The van der Waals surface area contributed by atoms with Crippen LogP contribution in [0.25, 0.3) is 10.9 Å². The fourth-order valence-corrected chi connectivity index (χ4v) is 4.11. The molecule has 2 heterocycles. The predicted octanol–water partition coefficient (Wildman–Crippen LogP) is 3.21. The van der Waals surface area contributed by atoms with Gasteiger partial charge in [0.05, 0.1) is 0 Å². The van der Waals surface area contributed by atoms with Gasteiger partial charge < -0.3 is 15.0 Å². The van der Waals surface area contributed by atoms with Crippen LogP contribution in [0.4, 0.5) is 0 Å². The number of ether oxygens (including phenoxy) is 1. The van der Waals surface area contributed by atoms with Crippen LogP contribution >= 0.6 is 0 Å². The number of nitrogens with one attached hydrogen (secondary N) is 2. The molecule has 0 saturated heterocycles. The molecule has 0 bridgehead atoms. The van der Waals surface area contributed by atoms with Crippen molar-refractivity contribution in [2.75, 3.05) is 0 Å². The molecule has 0 radical (unpaired) electrons. The maximum Gasteiger partial charge on any atom is 0.329 e. The number of hydrogen-bond donors (Lipinski definition) is 2. The zero-order valence-electron chi connectivity index (χ0n) is 17.3. The van der Waals surface area contributed by atoms with Crippen LogP contribution in [-0.2, 0) is 23.0 Å². The van der Waals surface area contributed by atoms with Crippen LogP contribution < -0.4 is 9.88 Å². The summed E-state index contributed by atoms with van der Waals surface area (Å²) in [4.78, 5) is 29.1. The number of aryl methyl sites for hydroxylation is 1. The molecule has 1 aliphatic rings. The second-order valence-electron chi connectivity index (χ2n) is 8.04. The smallest absolute Gasteiger partial charge is 0.329 e. The van der Waals surface area contributed by atoms with E-state index in [-0.39, 0.29) is 18.0 Å². The van der Waals surface area contributed by atoms with E-state index in [0.29, 0.717) is 12.0 Å². The van der Waals surface area contributed by atoms with Crippen molar-refractivity contribution in [2.24, 2.45) is 7.05 Å². The third-order valence-electron chi connectivity index (χ3n) is 5.73. The third-order valence-corrected chi connectivity index (χ3v) is 5.73. The highest BCUT2D eigenvalue weighted by molar-refractivity contribution is 5.96. The quantitative estimate of drug-likeness (QED) is 0.488. The van der Waals surface area contributed by atoms with E-state index in [1.54, 1.807) is 12.3 Å². The van der Waals surface area contributed by atoms with Gasteiger partial charge in [0.15, 0.2) is 12.4 Å². The van der Waals surface area contributed by atoms with Gasteiger partial charge in [0.25, 0.3) is 5.91 Å². The summed E-state index contributed by atoms with van der Waals surface area (Å²) in [6.07, 6.45) is 11.0. The summed E-state index contributed by atoms with van der Waals surface area (Å²) in [5.41, 5.74) is 2.50. The third kappa shape index (κ3) is 4.70. The molecule has 1 amide bonds. The van der Waals surface area contributed by atoms with Gasteiger partial charge in [-0.15, -0.1) is 0 Å². The van der Waals surface area contributed by atoms with E-state index in [2.05, 4.69) is 10.3 Å². The summed E-state index contributed by atoms with van der Waals surface area (Å²) in [6.45, 7) is 0. The molecule has 1 atom stereocenters. The summed E-state index contributed by atoms with van der Waals surface area (Å²) in [5, 5.41) is 3.96. The number of hydrogen-bond acceptors (Lipinski definition) is 3. The second-order valence-corrected chi connectivity index (χ2v) is 8.04. The molecule has 0 spiro atoms. The Kier molecular flexibility index (Phi) is 6.12. The summed E-state index contributed by atoms with van der Waals surface area (Å²) in [7, 11) is 1.86. The van der Waals surface area contributed by atoms with Gasteiger partial charge in [-0.1, -0.05) is 24.6 Å². The Balaban J connectivity index is 1.55. The minimum Gasteiger partial charge on any atom is -0.461 e. The number of amides is 1. The van der Waals surface area contributed by atoms with Crippen LogP contribution in [0.3, 0.4) is 0 Å². The van der Waals surface area contributed by atoms with E-state index < -0.39 is 6.04 Å². The predicted molar refractivity (Wildman–Crippen MR) is 114 cm³/mol. The molecule has 1 aliphatic carbocycles. The second kappa shape index (κ2) is 9.11. The molecule has 1 fully saturated rings. The molecule has 6 nitrogen and oxygen atoms in total. The lowest BCUT2D eigenvalue weighted by Crippen LogP contribution is -2.45. The van der Waals surface area contributed by atoms with E-state index in [9.17, 15) is 9.59 Å². The highest BCUT2D eigenvalue weighted by atomic mass is 16.5. The van der Waals surface area contributed by atoms with Gasteiger partial charge in [-0.2, -0.15) is 0 Å². The van der Waals surface area contributed by atoms with E-state index in [4.69, 9.17) is 4.74 Å². The standard InChI is InChI=1S/C24H27N3O3/c1-27-13-7-8-17(16-27)23(28)26-22(24(29)30-19-9-3-2-4-10-19)14-18-15-25-21-12-6-5-11-20(18)21/h5-8,11-13,15-16,19,22,25H,2-4,9-10,14H2,1H3/p+1. The summed E-state index contributed by atoms with van der Waals surface area (Å²) < 4.78 is 7.62. The number of pyridine rings is 1. The largest absolute Gasteiger partial charge is 0.461 e. The van der Waals surface area contributed by atoms with E-state index in [0.717, 1.165) is 42.1 Å². The SMILES string of the molecule is C[n+]1cccc(C(=O)NC(Cc2c[nH]c3ccccc23)C(=O)OC2CCCCC2)c1. The number of para-hydroxylation sites is 1. The van der Waals surface area contributed by atoms with Crippen molar-refractivity contribution in [3.8, 4) is 0 Å². The first-order valence-electron chi connectivity index (χ1n) is 10.6. The van der Waals surface area contributed by atoms with Crippen molar-refractivity contribution in [3.05, 3.63) is 66.1 Å². The molecule has 4 rings (SSSR count). The average Bonchev–Trinajstić information content (AvgIpc) is 3.17. The number of fused-ring (bicyclic) bond motifs is 1. The number of benzene rings is 1. The van der Waals surface area contributed by atoms with E-state index in [1.165, 1.54) is 6.42 Å². The van der Waals surface area contributed by atoms with Crippen molar-refractivity contribution in [2.45, 2.75) is 50.7 Å². The molecule has 156 valence electrons. The molecular weight excluding hydrogens is 378 g/mol. The normalized spacial score (nSPS) is 15.6. The van der Waals surface area contributed by atoms with Gasteiger partial charge in [0, 0.05) is 29.6 Å². The van der Waals surface area contributed by atoms with E-state index >= 15 is 0 Å². The molecule has 0 aliphatic heterocycles. The molecule has 30 heavy (non-hydrogen) atoms. The molecule has 2 N–H and O–H groups in total. The Hall–Kier alpha value is -3.15. The van der Waals surface area contributed by atoms with Crippen LogP contribution in [0.15, 0.2) is 55.0 Å². The number of nitrogens with zero attached hydrogens (tertiary/aromatic N) is 1. The zero-order valence-corrected chi connectivity index (χ0v) is 17.3. The molecule has 6 heteroatoms. The number of aromatic amines is 1. The van der Waals surface area contributed by atoms with Gasteiger partial charge in [-0.25, -0.2) is 9.36 Å². The Morgan fingerprint density at radius 2 is 1.97 bits per heavy atom. The van der Waals surface area contributed by atoms with Gasteiger partial charge in [0.2, 0.25) is 0 Å². The van der Waals surface area contributed by atoms with Crippen LogP contribution in [-0.4, -0.2) is 29.0 Å². The van der Waals surface area contributed by atoms with Crippen molar-refractivity contribution in [1.29, 1.82) is 0 Å². The number of aromatic nitrogens is 2. The van der Waals surface area contributed by atoms with Crippen LogP contribution in [0.5, 0.6) is 0 Å². The van der Waals surface area contributed by atoms with Crippen LogP contribution in [0.2, 0.25) is 0 Å². The Morgan fingerprint density at radius 3 is 2.77 bits per heavy atom. The lowest BCUT2D eigenvalue weighted by Gasteiger charge is -2.25. The number of rotatable bonds is 6. The first-order valence-corrected chi connectivity index (χ1v) is 10.6. The van der Waals surface area contributed by atoms with E-state index in [1.807, 2.05) is 54.3 Å². The number of carbonyl (C=O) groups excluding carboxylic acids is 2. The van der Waals surface area contributed by atoms with Gasteiger partial charge >= 0.3 is 5.97 Å². The van der Waals surface area contributed by atoms with Crippen LogP contribution in [0, 0.1) is 0 Å². The summed E-state index contributed by atoms with van der Waals surface area (Å²) in [5.74, 6) is -0.641. The van der Waals surface area contributed by atoms with Gasteiger partial charge in [-0.05, 0) is 43.4 Å². The zero-order chi connectivity index (χ0) is 20.9. The van der Waals surface area contributed by atoms with Crippen molar-refractivity contribution in [1.82, 2.24) is 10.3 Å². The van der Waals surface area contributed by atoms with Crippen molar-refractivity contribution < 1.29 is 18.9 Å². The van der Waals surface area contributed by atoms with Gasteiger partial charge in [0.1, 0.15) is 24.8 Å². The minimum atomic E-state index is -0.746. The molecule has 1 aromatic carbocycles. The number of esters is 1. The van der Waals surface area contributed by atoms with Gasteiger partial charge in [-0.3, -0.25) is 4.79 Å². The highest BCUT2D eigenvalue weighted by Crippen LogP contribution is 2.23. The first kappa shape index (κ1) is 20.1. The highest BCUT2D eigenvalue weighted by Gasteiger charge is 2.28. The molecular formula is C24H28N3O3+. The average molecular weight is 407 g/mol. The lowest BCUT2D eigenvalue weighted by molar-refractivity contribution is -0.671. The Bertz CT molecular complexity index is 1040. The Labute approximate surface area is 176 Å².